The highest BCUT2D eigenvalue weighted by molar-refractivity contribution is 8.00. The zero-order valence-corrected chi connectivity index (χ0v) is 9.64. The van der Waals surface area contributed by atoms with Gasteiger partial charge >= 0.3 is 0 Å². The van der Waals surface area contributed by atoms with Crippen LogP contribution in [-0.4, -0.2) is 55.2 Å². The van der Waals surface area contributed by atoms with Crippen LogP contribution in [0.2, 0.25) is 0 Å². The quantitative estimate of drug-likeness (QED) is 0.637. The van der Waals surface area contributed by atoms with E-state index in [0.717, 1.165) is 6.42 Å². The molecule has 0 aromatic heterocycles. The Morgan fingerprint density at radius 2 is 2.47 bits per heavy atom. The number of nitrogens with one attached hydrogen (secondary N) is 1. The molecule has 1 aliphatic heterocycles. The Labute approximate surface area is 93.5 Å². The number of methoxy groups -OCH3 is 1. The van der Waals surface area contributed by atoms with Crippen molar-refractivity contribution in [1.82, 2.24) is 10.2 Å². The molecule has 0 atom stereocenters. The van der Waals surface area contributed by atoms with E-state index in [0.29, 0.717) is 24.8 Å². The second-order valence-corrected chi connectivity index (χ2v) is 4.22. The number of nitrogens with zero attached hydrogens (tertiary/aromatic N) is 1. The second-order valence-electron chi connectivity index (χ2n) is 3.27. The Balaban J connectivity index is 2.10. The van der Waals surface area contributed by atoms with Crippen LogP contribution < -0.4 is 5.32 Å². The number of amides is 2. The van der Waals surface area contributed by atoms with E-state index in [1.165, 1.54) is 0 Å². The standard InChI is InChI=1S/C9H16N2O3S/c1-14-4-2-3-10-8(12)5-11-7-15-6-9(11)13/h2-7H2,1H3,(H,10,12). The van der Waals surface area contributed by atoms with Crippen LogP contribution in [0.3, 0.4) is 0 Å². The lowest BCUT2D eigenvalue weighted by molar-refractivity contribution is -0.132. The summed E-state index contributed by atoms with van der Waals surface area (Å²) in [6, 6.07) is 0. The SMILES string of the molecule is COCCCNC(=O)CN1CSCC1=O. The van der Waals surface area contributed by atoms with E-state index in [1.807, 2.05) is 0 Å². The fraction of sp³-hybridized carbons (Fsp3) is 0.778. The van der Waals surface area contributed by atoms with E-state index < -0.39 is 0 Å². The Morgan fingerprint density at radius 1 is 1.67 bits per heavy atom. The first-order valence-corrected chi connectivity index (χ1v) is 6.00. The molecule has 1 aliphatic rings. The predicted octanol–water partition coefficient (Wildman–Crippen LogP) is -0.328. The van der Waals surface area contributed by atoms with Gasteiger partial charge < -0.3 is 15.0 Å². The Hall–Kier alpha value is -0.750. The van der Waals surface area contributed by atoms with Gasteiger partial charge in [-0.1, -0.05) is 0 Å². The molecular weight excluding hydrogens is 216 g/mol. The van der Waals surface area contributed by atoms with Crippen LogP contribution in [0.4, 0.5) is 0 Å². The van der Waals surface area contributed by atoms with Crippen LogP contribution in [0.25, 0.3) is 0 Å². The molecule has 0 aliphatic carbocycles. The van der Waals surface area contributed by atoms with Crippen molar-refractivity contribution in [3.05, 3.63) is 0 Å². The third kappa shape index (κ3) is 4.53. The van der Waals surface area contributed by atoms with Crippen molar-refractivity contribution in [2.75, 3.05) is 38.4 Å². The Kier molecular flexibility index (Phi) is 5.49. The number of hydrogen-bond acceptors (Lipinski definition) is 4. The van der Waals surface area contributed by atoms with Crippen molar-refractivity contribution in [1.29, 1.82) is 0 Å². The molecule has 0 radical (unpaired) electrons. The Bertz CT molecular complexity index is 235. The lowest BCUT2D eigenvalue weighted by Gasteiger charge is -2.13. The van der Waals surface area contributed by atoms with Gasteiger partial charge in [-0.25, -0.2) is 0 Å². The number of carbonyl (C=O) groups excluding carboxylic acids is 2. The molecule has 0 spiro atoms. The van der Waals surface area contributed by atoms with Crippen molar-refractivity contribution in [3.8, 4) is 0 Å². The average Bonchev–Trinajstić information content (AvgIpc) is 2.59. The van der Waals surface area contributed by atoms with Gasteiger partial charge in [0.25, 0.3) is 0 Å². The molecule has 15 heavy (non-hydrogen) atoms. The first-order chi connectivity index (χ1) is 7.24. The minimum absolute atomic E-state index is 0.0482. The molecule has 0 aromatic carbocycles. The van der Waals surface area contributed by atoms with Crippen LogP contribution in [0.5, 0.6) is 0 Å². The molecule has 2 amide bonds. The Morgan fingerprint density at radius 3 is 3.07 bits per heavy atom. The third-order valence-corrected chi connectivity index (χ3v) is 2.95. The normalized spacial score (nSPS) is 15.8. The van der Waals surface area contributed by atoms with Crippen molar-refractivity contribution < 1.29 is 14.3 Å². The molecule has 1 saturated heterocycles. The van der Waals surface area contributed by atoms with Crippen LogP contribution in [0.1, 0.15) is 6.42 Å². The third-order valence-electron chi connectivity index (χ3n) is 2.01. The van der Waals surface area contributed by atoms with Gasteiger partial charge in [0.1, 0.15) is 6.54 Å². The van der Waals surface area contributed by atoms with Gasteiger partial charge in [-0.15, -0.1) is 11.8 Å². The summed E-state index contributed by atoms with van der Waals surface area (Å²) < 4.78 is 4.85. The predicted molar refractivity (Wildman–Crippen MR) is 58.5 cm³/mol. The van der Waals surface area contributed by atoms with E-state index in [1.54, 1.807) is 23.8 Å². The molecule has 0 bridgehead atoms. The summed E-state index contributed by atoms with van der Waals surface area (Å²) in [5, 5.41) is 2.74. The lowest BCUT2D eigenvalue weighted by atomic mass is 10.4. The van der Waals surface area contributed by atoms with Crippen molar-refractivity contribution in [2.24, 2.45) is 0 Å². The molecular formula is C9H16N2O3S. The smallest absolute Gasteiger partial charge is 0.239 e. The molecule has 1 fully saturated rings. The first-order valence-electron chi connectivity index (χ1n) is 4.85. The summed E-state index contributed by atoms with van der Waals surface area (Å²) in [5.41, 5.74) is 0. The molecule has 5 nitrogen and oxygen atoms in total. The van der Waals surface area contributed by atoms with Gasteiger partial charge in [0.2, 0.25) is 11.8 Å². The van der Waals surface area contributed by atoms with Gasteiger partial charge in [0.05, 0.1) is 11.6 Å². The topological polar surface area (TPSA) is 58.6 Å². The number of hydrogen-bond donors (Lipinski definition) is 1. The molecule has 0 unspecified atom stereocenters. The highest BCUT2D eigenvalue weighted by Crippen LogP contribution is 2.13. The van der Waals surface area contributed by atoms with Gasteiger partial charge in [0.15, 0.2) is 0 Å². The zero-order chi connectivity index (χ0) is 11.1. The molecule has 1 heterocycles. The minimum Gasteiger partial charge on any atom is -0.385 e. The van der Waals surface area contributed by atoms with Gasteiger partial charge in [-0.2, -0.15) is 0 Å². The summed E-state index contributed by atoms with van der Waals surface area (Å²) in [6.45, 7) is 1.42. The summed E-state index contributed by atoms with van der Waals surface area (Å²) in [4.78, 5) is 24.1. The fourth-order valence-electron chi connectivity index (χ4n) is 1.21. The molecule has 6 heteroatoms. The molecule has 0 saturated carbocycles. The van der Waals surface area contributed by atoms with Gasteiger partial charge in [-0.3, -0.25) is 9.59 Å². The molecule has 1 rings (SSSR count). The van der Waals surface area contributed by atoms with Crippen LogP contribution in [0, 0.1) is 0 Å². The maximum Gasteiger partial charge on any atom is 0.239 e. The number of rotatable bonds is 6. The summed E-state index contributed by atoms with van der Waals surface area (Å²) >= 11 is 1.54. The highest BCUT2D eigenvalue weighted by Gasteiger charge is 2.22. The number of carbonyl (C=O) groups is 2. The summed E-state index contributed by atoms with van der Waals surface area (Å²) in [6.07, 6.45) is 0.797. The van der Waals surface area contributed by atoms with Gasteiger partial charge in [0, 0.05) is 20.3 Å². The van der Waals surface area contributed by atoms with Crippen molar-refractivity contribution >= 4 is 23.6 Å². The van der Waals surface area contributed by atoms with E-state index >= 15 is 0 Å². The van der Waals surface area contributed by atoms with E-state index in [9.17, 15) is 9.59 Å². The summed E-state index contributed by atoms with van der Waals surface area (Å²) in [5.74, 6) is 1.08. The minimum atomic E-state index is -0.0954. The average molecular weight is 232 g/mol. The first kappa shape index (κ1) is 12.3. The molecule has 86 valence electrons. The van der Waals surface area contributed by atoms with E-state index in [2.05, 4.69) is 5.32 Å². The van der Waals surface area contributed by atoms with Crippen LogP contribution in [-0.2, 0) is 14.3 Å². The second kappa shape index (κ2) is 6.68. The van der Waals surface area contributed by atoms with Crippen LogP contribution in [0.15, 0.2) is 0 Å². The molecule has 1 N–H and O–H groups in total. The fourth-order valence-corrected chi connectivity index (χ4v) is 2.12. The van der Waals surface area contributed by atoms with Crippen molar-refractivity contribution in [3.63, 3.8) is 0 Å². The molecule has 0 aromatic rings. The van der Waals surface area contributed by atoms with E-state index in [-0.39, 0.29) is 18.4 Å². The number of ether oxygens (including phenoxy) is 1. The van der Waals surface area contributed by atoms with Crippen molar-refractivity contribution in [2.45, 2.75) is 6.42 Å². The highest BCUT2D eigenvalue weighted by atomic mass is 32.2. The largest absolute Gasteiger partial charge is 0.385 e. The maximum absolute atomic E-state index is 11.4. The van der Waals surface area contributed by atoms with Gasteiger partial charge in [-0.05, 0) is 6.42 Å². The number of thioether (sulfide) groups is 1. The van der Waals surface area contributed by atoms with Crippen LogP contribution >= 0.6 is 11.8 Å². The zero-order valence-electron chi connectivity index (χ0n) is 8.82. The lowest BCUT2D eigenvalue weighted by Crippen LogP contribution is -2.38. The maximum atomic E-state index is 11.4. The van der Waals surface area contributed by atoms with E-state index in [4.69, 9.17) is 4.74 Å². The summed E-state index contributed by atoms with van der Waals surface area (Å²) in [7, 11) is 1.63. The monoisotopic (exact) mass is 232 g/mol.